The number of hydrogen-bond acceptors (Lipinski definition) is 4. The highest BCUT2D eigenvalue weighted by atomic mass is 19.1. The molecule has 0 aliphatic heterocycles. The fourth-order valence-corrected chi connectivity index (χ4v) is 3.05. The third-order valence-electron chi connectivity index (χ3n) is 4.60. The third-order valence-corrected chi connectivity index (χ3v) is 4.60. The van der Waals surface area contributed by atoms with Crippen LogP contribution in [0.15, 0.2) is 55.1 Å². The van der Waals surface area contributed by atoms with Crippen molar-refractivity contribution in [1.29, 1.82) is 0 Å². The number of rotatable bonds is 5. The molecule has 0 aliphatic carbocycles. The standard InChI is InChI=1S/C20H19FN6O/c1-3-26-13-22-24-19(26)12-25(2)20(28)15-6-9-18-23-17(11-27(18)10-15)14-4-7-16(21)8-5-14/h4-11,13H,3,12H2,1-2H3. The smallest absolute Gasteiger partial charge is 0.255 e. The van der Waals surface area contributed by atoms with Crippen molar-refractivity contribution in [2.75, 3.05) is 7.05 Å². The third kappa shape index (κ3) is 3.36. The van der Waals surface area contributed by atoms with Crippen LogP contribution in [0.25, 0.3) is 16.9 Å². The van der Waals surface area contributed by atoms with Gasteiger partial charge in [-0.05, 0) is 43.3 Å². The SMILES string of the molecule is CCn1cnnc1CN(C)C(=O)c1ccc2nc(-c3ccc(F)cc3)cn2c1. The molecule has 1 amide bonds. The van der Waals surface area contributed by atoms with Gasteiger partial charge in [0.2, 0.25) is 0 Å². The molecule has 3 heterocycles. The topological polar surface area (TPSA) is 68.3 Å². The summed E-state index contributed by atoms with van der Waals surface area (Å²) in [5, 5.41) is 7.97. The highest BCUT2D eigenvalue weighted by Gasteiger charge is 2.16. The molecule has 142 valence electrons. The molecule has 0 saturated heterocycles. The van der Waals surface area contributed by atoms with Crippen LogP contribution in [0.1, 0.15) is 23.1 Å². The fourth-order valence-electron chi connectivity index (χ4n) is 3.05. The number of hydrogen-bond donors (Lipinski definition) is 0. The van der Waals surface area contributed by atoms with Gasteiger partial charge < -0.3 is 13.9 Å². The van der Waals surface area contributed by atoms with Gasteiger partial charge in [0, 0.05) is 31.5 Å². The molecule has 0 aliphatic rings. The van der Waals surface area contributed by atoms with Gasteiger partial charge in [-0.25, -0.2) is 9.37 Å². The Labute approximate surface area is 161 Å². The molecule has 0 fully saturated rings. The molecule has 0 bridgehead atoms. The number of fused-ring (bicyclic) bond motifs is 1. The monoisotopic (exact) mass is 378 g/mol. The van der Waals surface area contributed by atoms with Crippen LogP contribution < -0.4 is 0 Å². The summed E-state index contributed by atoms with van der Waals surface area (Å²) in [4.78, 5) is 19.0. The fraction of sp³-hybridized carbons (Fsp3) is 0.200. The Kier molecular flexibility index (Phi) is 4.60. The number of carbonyl (C=O) groups is 1. The van der Waals surface area contributed by atoms with Crippen molar-refractivity contribution >= 4 is 11.6 Å². The summed E-state index contributed by atoms with van der Waals surface area (Å²) in [6.45, 7) is 3.12. The van der Waals surface area contributed by atoms with Gasteiger partial charge in [-0.15, -0.1) is 10.2 Å². The molecule has 0 saturated carbocycles. The highest BCUT2D eigenvalue weighted by Crippen LogP contribution is 2.20. The molecule has 4 rings (SSSR count). The molecule has 28 heavy (non-hydrogen) atoms. The van der Waals surface area contributed by atoms with E-state index in [1.54, 1.807) is 53.1 Å². The number of benzene rings is 1. The van der Waals surface area contributed by atoms with E-state index in [4.69, 9.17) is 0 Å². The van der Waals surface area contributed by atoms with E-state index < -0.39 is 0 Å². The number of amides is 1. The van der Waals surface area contributed by atoms with Gasteiger partial charge in [-0.2, -0.15) is 0 Å². The van der Waals surface area contributed by atoms with Gasteiger partial charge in [0.1, 0.15) is 17.8 Å². The lowest BCUT2D eigenvalue weighted by molar-refractivity contribution is 0.0779. The summed E-state index contributed by atoms with van der Waals surface area (Å²) in [6.07, 6.45) is 5.23. The van der Waals surface area contributed by atoms with Crippen molar-refractivity contribution in [3.8, 4) is 11.3 Å². The Morgan fingerprint density at radius 3 is 2.68 bits per heavy atom. The Balaban J connectivity index is 1.58. The molecule has 0 spiro atoms. The maximum atomic E-state index is 13.1. The van der Waals surface area contributed by atoms with Gasteiger partial charge in [-0.1, -0.05) is 0 Å². The minimum atomic E-state index is -0.289. The van der Waals surface area contributed by atoms with Crippen LogP contribution in [0.2, 0.25) is 0 Å². The lowest BCUT2D eigenvalue weighted by Gasteiger charge is -2.17. The second-order valence-electron chi connectivity index (χ2n) is 6.51. The molecule has 8 heteroatoms. The average molecular weight is 378 g/mol. The minimum absolute atomic E-state index is 0.121. The minimum Gasteiger partial charge on any atom is -0.334 e. The molecule has 0 N–H and O–H groups in total. The zero-order valence-electron chi connectivity index (χ0n) is 15.6. The van der Waals surface area contributed by atoms with E-state index in [0.717, 1.165) is 17.9 Å². The Hall–Kier alpha value is -3.55. The predicted octanol–water partition coefficient (Wildman–Crippen LogP) is 3.02. The van der Waals surface area contributed by atoms with Crippen LogP contribution in [0.4, 0.5) is 4.39 Å². The lowest BCUT2D eigenvalue weighted by atomic mass is 10.2. The number of imidazole rings is 1. The predicted molar refractivity (Wildman–Crippen MR) is 102 cm³/mol. The van der Waals surface area contributed by atoms with Crippen LogP contribution in [-0.4, -0.2) is 42.0 Å². The van der Waals surface area contributed by atoms with Gasteiger partial charge >= 0.3 is 0 Å². The highest BCUT2D eigenvalue weighted by molar-refractivity contribution is 5.94. The first-order chi connectivity index (χ1) is 13.5. The van der Waals surface area contributed by atoms with E-state index in [1.165, 1.54) is 12.1 Å². The zero-order chi connectivity index (χ0) is 19.7. The second kappa shape index (κ2) is 7.22. The number of pyridine rings is 1. The number of halogens is 1. The number of carbonyl (C=O) groups excluding carboxylic acids is 1. The first-order valence-corrected chi connectivity index (χ1v) is 8.92. The van der Waals surface area contributed by atoms with Crippen LogP contribution in [0.3, 0.4) is 0 Å². The molecule has 4 aromatic rings. The first-order valence-electron chi connectivity index (χ1n) is 8.92. The lowest BCUT2D eigenvalue weighted by Crippen LogP contribution is -2.28. The Bertz CT molecular complexity index is 1130. The van der Waals surface area contributed by atoms with Crippen molar-refractivity contribution < 1.29 is 9.18 Å². The Morgan fingerprint density at radius 2 is 1.93 bits per heavy atom. The quantitative estimate of drug-likeness (QED) is 0.535. The van der Waals surface area contributed by atoms with Crippen molar-refractivity contribution in [1.82, 2.24) is 29.0 Å². The molecule has 7 nitrogen and oxygen atoms in total. The molecule has 3 aromatic heterocycles. The van der Waals surface area contributed by atoms with Crippen molar-refractivity contribution in [3.63, 3.8) is 0 Å². The van der Waals surface area contributed by atoms with Gasteiger partial charge in [0.25, 0.3) is 5.91 Å². The summed E-state index contributed by atoms with van der Waals surface area (Å²) in [5.41, 5.74) is 2.79. The normalized spacial score (nSPS) is 11.1. The Morgan fingerprint density at radius 1 is 1.14 bits per heavy atom. The maximum absolute atomic E-state index is 13.1. The maximum Gasteiger partial charge on any atom is 0.255 e. The van der Waals surface area contributed by atoms with Crippen molar-refractivity contribution in [2.45, 2.75) is 20.0 Å². The second-order valence-corrected chi connectivity index (χ2v) is 6.51. The number of aryl methyl sites for hydroxylation is 1. The van der Waals surface area contributed by atoms with Crippen molar-refractivity contribution in [2.24, 2.45) is 0 Å². The molecular formula is C20H19FN6O. The van der Waals surface area contributed by atoms with Gasteiger partial charge in [-0.3, -0.25) is 4.79 Å². The van der Waals surface area contributed by atoms with E-state index in [0.29, 0.717) is 23.4 Å². The summed E-state index contributed by atoms with van der Waals surface area (Å²) in [5.74, 6) is 0.326. The van der Waals surface area contributed by atoms with Crippen LogP contribution >= 0.6 is 0 Å². The molecular weight excluding hydrogens is 359 g/mol. The molecule has 0 unspecified atom stereocenters. The van der Waals surface area contributed by atoms with E-state index in [1.807, 2.05) is 17.7 Å². The number of nitrogens with zero attached hydrogens (tertiary/aromatic N) is 6. The molecule has 1 aromatic carbocycles. The summed E-state index contributed by atoms with van der Waals surface area (Å²) >= 11 is 0. The van der Waals surface area contributed by atoms with E-state index in [-0.39, 0.29) is 11.7 Å². The van der Waals surface area contributed by atoms with Gasteiger partial charge in [0.15, 0.2) is 5.82 Å². The van der Waals surface area contributed by atoms with E-state index >= 15 is 0 Å². The van der Waals surface area contributed by atoms with E-state index in [2.05, 4.69) is 15.2 Å². The largest absolute Gasteiger partial charge is 0.334 e. The van der Waals surface area contributed by atoms with Crippen LogP contribution in [0, 0.1) is 5.82 Å². The molecule has 0 atom stereocenters. The number of aromatic nitrogens is 5. The molecule has 0 radical (unpaired) electrons. The van der Waals surface area contributed by atoms with Crippen LogP contribution in [-0.2, 0) is 13.1 Å². The van der Waals surface area contributed by atoms with E-state index in [9.17, 15) is 9.18 Å². The van der Waals surface area contributed by atoms with Crippen LogP contribution in [0.5, 0.6) is 0 Å². The zero-order valence-corrected chi connectivity index (χ0v) is 15.6. The first kappa shape index (κ1) is 17.8. The summed E-state index contributed by atoms with van der Waals surface area (Å²) < 4.78 is 16.8. The van der Waals surface area contributed by atoms with Crippen molar-refractivity contribution in [3.05, 3.63) is 72.3 Å². The van der Waals surface area contributed by atoms with Gasteiger partial charge in [0.05, 0.1) is 17.8 Å². The summed E-state index contributed by atoms with van der Waals surface area (Å²) in [7, 11) is 1.74. The average Bonchev–Trinajstić information content (AvgIpc) is 3.33. The summed E-state index contributed by atoms with van der Waals surface area (Å²) in [6, 6.07) is 9.71.